The molecule has 0 aliphatic rings. The summed E-state index contributed by atoms with van der Waals surface area (Å²) in [6, 6.07) is 5.84. The summed E-state index contributed by atoms with van der Waals surface area (Å²) in [6.07, 6.45) is 1.66. The van der Waals surface area contributed by atoms with Gasteiger partial charge in [-0.1, -0.05) is 0 Å². The molecule has 0 saturated heterocycles. The fourth-order valence-corrected chi connectivity index (χ4v) is 1.65. The molecule has 0 aliphatic heterocycles. The van der Waals surface area contributed by atoms with E-state index in [0.29, 0.717) is 16.4 Å². The second-order valence-corrected chi connectivity index (χ2v) is 4.08. The summed E-state index contributed by atoms with van der Waals surface area (Å²) in [7, 11) is 0. The van der Waals surface area contributed by atoms with Gasteiger partial charge in [-0.15, -0.1) is 0 Å². The summed E-state index contributed by atoms with van der Waals surface area (Å²) in [4.78, 5) is 12.4. The molecule has 5 heteroatoms. The van der Waals surface area contributed by atoms with E-state index in [2.05, 4.69) is 30.9 Å². The second kappa shape index (κ2) is 4.57. The zero-order valence-electron chi connectivity index (χ0n) is 8.94. The lowest BCUT2D eigenvalue weighted by atomic mass is 10.4. The average Bonchev–Trinajstić information content (AvgIpc) is 2.22. The normalized spacial score (nSPS) is 10.2. The first-order chi connectivity index (χ1) is 7.65. The van der Waals surface area contributed by atoms with Gasteiger partial charge < -0.3 is 4.74 Å². The van der Waals surface area contributed by atoms with E-state index in [0.717, 1.165) is 11.4 Å². The maximum absolute atomic E-state index is 5.51. The summed E-state index contributed by atoms with van der Waals surface area (Å²) < 4.78 is 6.16. The van der Waals surface area contributed by atoms with Crippen molar-refractivity contribution in [3.8, 4) is 11.8 Å². The highest BCUT2D eigenvalue weighted by atomic mass is 79.9. The Hall–Kier alpha value is -1.49. The SMILES string of the molecule is Cc1ccnc(Oc2ccc(C)nc2Br)n1. The minimum absolute atomic E-state index is 0.325. The van der Waals surface area contributed by atoms with Crippen molar-refractivity contribution in [2.75, 3.05) is 0 Å². The van der Waals surface area contributed by atoms with Crippen LogP contribution in [0.3, 0.4) is 0 Å². The summed E-state index contributed by atoms with van der Waals surface area (Å²) in [6.45, 7) is 3.80. The van der Waals surface area contributed by atoms with Crippen molar-refractivity contribution >= 4 is 15.9 Å². The Kier molecular flexibility index (Phi) is 3.14. The van der Waals surface area contributed by atoms with E-state index in [4.69, 9.17) is 4.74 Å². The van der Waals surface area contributed by atoms with Crippen molar-refractivity contribution in [1.29, 1.82) is 0 Å². The number of nitrogens with zero attached hydrogens (tertiary/aromatic N) is 3. The highest BCUT2D eigenvalue weighted by molar-refractivity contribution is 9.10. The van der Waals surface area contributed by atoms with Crippen LogP contribution in [0.4, 0.5) is 0 Å². The molecule has 16 heavy (non-hydrogen) atoms. The van der Waals surface area contributed by atoms with Gasteiger partial charge >= 0.3 is 6.01 Å². The molecule has 0 bridgehead atoms. The Balaban J connectivity index is 2.27. The Morgan fingerprint density at radius 3 is 2.50 bits per heavy atom. The van der Waals surface area contributed by atoms with Gasteiger partial charge in [0.2, 0.25) is 0 Å². The van der Waals surface area contributed by atoms with Crippen molar-refractivity contribution in [3.05, 3.63) is 40.4 Å². The lowest BCUT2D eigenvalue weighted by Crippen LogP contribution is -1.95. The van der Waals surface area contributed by atoms with Crippen molar-refractivity contribution < 1.29 is 4.74 Å². The molecule has 0 radical (unpaired) electrons. The Morgan fingerprint density at radius 1 is 1.06 bits per heavy atom. The molecule has 2 heterocycles. The highest BCUT2D eigenvalue weighted by Gasteiger charge is 2.05. The van der Waals surface area contributed by atoms with Gasteiger partial charge in [0.25, 0.3) is 0 Å². The number of hydrogen-bond acceptors (Lipinski definition) is 4. The lowest BCUT2D eigenvalue weighted by molar-refractivity contribution is 0.435. The first-order valence-electron chi connectivity index (χ1n) is 4.76. The van der Waals surface area contributed by atoms with Crippen molar-refractivity contribution in [3.63, 3.8) is 0 Å². The van der Waals surface area contributed by atoms with Crippen LogP contribution in [0.25, 0.3) is 0 Å². The second-order valence-electron chi connectivity index (χ2n) is 3.32. The third kappa shape index (κ3) is 2.55. The maximum Gasteiger partial charge on any atom is 0.322 e. The van der Waals surface area contributed by atoms with Gasteiger partial charge in [0.1, 0.15) is 4.60 Å². The molecular formula is C11H10BrN3O. The number of halogens is 1. The van der Waals surface area contributed by atoms with Crippen molar-refractivity contribution in [1.82, 2.24) is 15.0 Å². The van der Waals surface area contributed by atoms with Gasteiger partial charge in [-0.05, 0) is 48.0 Å². The number of aryl methyl sites for hydroxylation is 2. The summed E-state index contributed by atoms with van der Waals surface area (Å²) in [5.41, 5.74) is 1.78. The van der Waals surface area contributed by atoms with E-state index in [1.54, 1.807) is 6.20 Å². The summed E-state index contributed by atoms with van der Waals surface area (Å²) in [5, 5.41) is 0. The maximum atomic E-state index is 5.51. The number of aromatic nitrogens is 3. The molecule has 0 amide bonds. The standard InChI is InChI=1S/C11H10BrN3O/c1-7-3-4-9(10(12)14-7)16-11-13-6-5-8(2)15-11/h3-6H,1-2H3. The van der Waals surface area contributed by atoms with Gasteiger partial charge in [-0.2, -0.15) is 0 Å². The van der Waals surface area contributed by atoms with Crippen LogP contribution in [0, 0.1) is 13.8 Å². The van der Waals surface area contributed by atoms with E-state index < -0.39 is 0 Å². The molecule has 0 unspecified atom stereocenters. The molecule has 0 atom stereocenters. The first-order valence-corrected chi connectivity index (χ1v) is 5.55. The van der Waals surface area contributed by atoms with E-state index in [-0.39, 0.29) is 0 Å². The summed E-state index contributed by atoms with van der Waals surface area (Å²) >= 11 is 3.33. The molecule has 2 rings (SSSR count). The van der Waals surface area contributed by atoms with Gasteiger partial charge in [0.05, 0.1) is 0 Å². The molecule has 4 nitrogen and oxygen atoms in total. The Morgan fingerprint density at radius 2 is 1.81 bits per heavy atom. The van der Waals surface area contributed by atoms with E-state index in [1.165, 1.54) is 0 Å². The fourth-order valence-electron chi connectivity index (χ4n) is 1.16. The lowest BCUT2D eigenvalue weighted by Gasteiger charge is -2.05. The van der Waals surface area contributed by atoms with Crippen LogP contribution in [0.5, 0.6) is 11.8 Å². The van der Waals surface area contributed by atoms with Crippen molar-refractivity contribution in [2.24, 2.45) is 0 Å². The minimum atomic E-state index is 0.325. The third-order valence-corrected chi connectivity index (χ3v) is 2.50. The molecule has 0 aromatic carbocycles. The topological polar surface area (TPSA) is 47.9 Å². The van der Waals surface area contributed by atoms with Gasteiger partial charge in [-0.25, -0.2) is 15.0 Å². The molecule has 2 aromatic rings. The van der Waals surface area contributed by atoms with Crippen LogP contribution in [0.15, 0.2) is 29.0 Å². The minimum Gasteiger partial charge on any atom is -0.421 e. The van der Waals surface area contributed by atoms with Crippen LogP contribution in [-0.2, 0) is 0 Å². The average molecular weight is 280 g/mol. The third-order valence-electron chi connectivity index (χ3n) is 1.93. The number of hydrogen-bond donors (Lipinski definition) is 0. The molecule has 0 spiro atoms. The van der Waals surface area contributed by atoms with Crippen LogP contribution in [0.2, 0.25) is 0 Å². The smallest absolute Gasteiger partial charge is 0.322 e. The Bertz CT molecular complexity index is 516. The molecule has 0 aliphatic carbocycles. The van der Waals surface area contributed by atoms with Crippen LogP contribution in [-0.4, -0.2) is 15.0 Å². The van der Waals surface area contributed by atoms with Crippen molar-refractivity contribution in [2.45, 2.75) is 13.8 Å². The van der Waals surface area contributed by atoms with Crippen LogP contribution >= 0.6 is 15.9 Å². The quantitative estimate of drug-likeness (QED) is 0.793. The van der Waals surface area contributed by atoms with Gasteiger partial charge in [0, 0.05) is 17.6 Å². The zero-order valence-corrected chi connectivity index (χ0v) is 10.5. The van der Waals surface area contributed by atoms with E-state index >= 15 is 0 Å². The number of rotatable bonds is 2. The van der Waals surface area contributed by atoms with E-state index in [1.807, 2.05) is 32.0 Å². The predicted molar refractivity (Wildman–Crippen MR) is 63.5 cm³/mol. The molecular weight excluding hydrogens is 270 g/mol. The molecule has 0 saturated carbocycles. The monoisotopic (exact) mass is 279 g/mol. The fraction of sp³-hybridized carbons (Fsp3) is 0.182. The molecule has 2 aromatic heterocycles. The Labute approximate surface area is 102 Å². The van der Waals surface area contributed by atoms with E-state index in [9.17, 15) is 0 Å². The van der Waals surface area contributed by atoms with Crippen LogP contribution in [0.1, 0.15) is 11.4 Å². The van der Waals surface area contributed by atoms with Gasteiger partial charge in [-0.3, -0.25) is 0 Å². The zero-order chi connectivity index (χ0) is 11.5. The number of pyridine rings is 1. The predicted octanol–water partition coefficient (Wildman–Crippen LogP) is 3.04. The number of ether oxygens (including phenoxy) is 1. The van der Waals surface area contributed by atoms with Gasteiger partial charge in [0.15, 0.2) is 5.75 Å². The summed E-state index contributed by atoms with van der Waals surface area (Å²) in [5.74, 6) is 0.608. The van der Waals surface area contributed by atoms with Crippen LogP contribution < -0.4 is 4.74 Å². The molecule has 82 valence electrons. The molecule has 0 N–H and O–H groups in total. The first kappa shape index (κ1) is 11.0. The molecule has 0 fully saturated rings. The largest absolute Gasteiger partial charge is 0.421 e. The highest BCUT2D eigenvalue weighted by Crippen LogP contribution is 2.26.